The molecule has 1 aliphatic carbocycles. The standard InChI is InChI=1S/C16H21NO3/c1-3-14(16(19)20)17(2)15(18)13-9-8-11-6-4-5-7-12(11)10-13/h8-10,14H,3-7H2,1-2H3,(H,19,20). The minimum absolute atomic E-state index is 0.215. The molecule has 0 heterocycles. The van der Waals surface area contributed by atoms with Gasteiger partial charge in [-0.15, -0.1) is 0 Å². The van der Waals surface area contributed by atoms with E-state index in [1.54, 1.807) is 14.0 Å². The van der Waals surface area contributed by atoms with Crippen LogP contribution in [0.2, 0.25) is 0 Å². The molecule has 108 valence electrons. The second-order valence-corrected chi connectivity index (χ2v) is 5.37. The molecule has 1 aromatic carbocycles. The van der Waals surface area contributed by atoms with Crippen LogP contribution < -0.4 is 0 Å². The number of carboxylic acid groups (broad SMARTS) is 1. The highest BCUT2D eigenvalue weighted by Crippen LogP contribution is 2.23. The van der Waals surface area contributed by atoms with E-state index in [9.17, 15) is 9.59 Å². The molecule has 1 aliphatic rings. The van der Waals surface area contributed by atoms with Gasteiger partial charge in [-0.3, -0.25) is 4.79 Å². The summed E-state index contributed by atoms with van der Waals surface area (Å²) in [4.78, 5) is 24.9. The average Bonchev–Trinajstić information content (AvgIpc) is 2.46. The Balaban J connectivity index is 2.22. The number of likely N-dealkylation sites (N-methyl/N-ethyl adjacent to an activating group) is 1. The fourth-order valence-corrected chi connectivity index (χ4v) is 2.83. The van der Waals surface area contributed by atoms with Crippen LogP contribution in [0, 0.1) is 0 Å². The van der Waals surface area contributed by atoms with Crippen molar-refractivity contribution in [2.24, 2.45) is 0 Å². The second-order valence-electron chi connectivity index (χ2n) is 5.37. The smallest absolute Gasteiger partial charge is 0.326 e. The van der Waals surface area contributed by atoms with Crippen molar-refractivity contribution in [3.8, 4) is 0 Å². The summed E-state index contributed by atoms with van der Waals surface area (Å²) in [7, 11) is 1.56. The maximum Gasteiger partial charge on any atom is 0.326 e. The highest BCUT2D eigenvalue weighted by atomic mass is 16.4. The third kappa shape index (κ3) is 2.84. The largest absolute Gasteiger partial charge is 0.480 e. The molecule has 1 unspecified atom stereocenters. The quantitative estimate of drug-likeness (QED) is 0.918. The van der Waals surface area contributed by atoms with E-state index in [0.29, 0.717) is 12.0 Å². The second kappa shape index (κ2) is 6.07. The van der Waals surface area contributed by atoms with Crippen LogP contribution in [-0.2, 0) is 17.6 Å². The van der Waals surface area contributed by atoms with Gasteiger partial charge in [0.15, 0.2) is 0 Å². The molecule has 2 rings (SSSR count). The molecule has 0 fully saturated rings. The van der Waals surface area contributed by atoms with Crippen LogP contribution in [-0.4, -0.2) is 35.0 Å². The zero-order valence-electron chi connectivity index (χ0n) is 12.1. The fraction of sp³-hybridized carbons (Fsp3) is 0.500. The molecule has 1 amide bonds. The molecule has 0 saturated carbocycles. The predicted octanol–water partition coefficient (Wildman–Crippen LogP) is 2.50. The van der Waals surface area contributed by atoms with Crippen LogP contribution in [0.1, 0.15) is 47.7 Å². The van der Waals surface area contributed by atoms with Gasteiger partial charge in [-0.1, -0.05) is 13.0 Å². The van der Waals surface area contributed by atoms with Gasteiger partial charge in [-0.2, -0.15) is 0 Å². The lowest BCUT2D eigenvalue weighted by Gasteiger charge is -2.24. The Morgan fingerprint density at radius 2 is 1.90 bits per heavy atom. The van der Waals surface area contributed by atoms with Crippen molar-refractivity contribution in [1.82, 2.24) is 4.90 Å². The number of amides is 1. The van der Waals surface area contributed by atoms with Crippen molar-refractivity contribution >= 4 is 11.9 Å². The summed E-state index contributed by atoms with van der Waals surface area (Å²) < 4.78 is 0. The van der Waals surface area contributed by atoms with Crippen molar-refractivity contribution in [2.45, 2.75) is 45.1 Å². The Bertz CT molecular complexity index is 524. The van der Waals surface area contributed by atoms with Crippen LogP contribution in [0.3, 0.4) is 0 Å². The highest BCUT2D eigenvalue weighted by molar-refractivity contribution is 5.96. The third-order valence-corrected chi connectivity index (χ3v) is 4.06. The van der Waals surface area contributed by atoms with Gasteiger partial charge in [-0.25, -0.2) is 4.79 Å². The molecule has 0 aromatic heterocycles. The van der Waals surface area contributed by atoms with E-state index in [0.717, 1.165) is 19.3 Å². The Morgan fingerprint density at radius 1 is 1.25 bits per heavy atom. The van der Waals surface area contributed by atoms with Crippen LogP contribution in [0.4, 0.5) is 0 Å². The lowest BCUT2D eigenvalue weighted by atomic mass is 9.90. The summed E-state index contributed by atoms with van der Waals surface area (Å²) in [5.74, 6) is -1.17. The first-order chi connectivity index (χ1) is 9.54. The number of carbonyl (C=O) groups excluding carboxylic acids is 1. The van der Waals surface area contributed by atoms with Gasteiger partial charge < -0.3 is 10.0 Å². The van der Waals surface area contributed by atoms with Gasteiger partial charge in [0.1, 0.15) is 6.04 Å². The molecular weight excluding hydrogens is 254 g/mol. The van der Waals surface area contributed by atoms with E-state index in [2.05, 4.69) is 0 Å². The first-order valence-electron chi connectivity index (χ1n) is 7.16. The van der Waals surface area contributed by atoms with Crippen molar-refractivity contribution < 1.29 is 14.7 Å². The Hall–Kier alpha value is -1.84. The van der Waals surface area contributed by atoms with Crippen molar-refractivity contribution in [1.29, 1.82) is 0 Å². The summed E-state index contributed by atoms with van der Waals surface area (Å²) in [5.41, 5.74) is 3.15. The maximum absolute atomic E-state index is 12.4. The van der Waals surface area contributed by atoms with Crippen molar-refractivity contribution in [3.63, 3.8) is 0 Å². The van der Waals surface area contributed by atoms with E-state index in [1.165, 1.54) is 22.4 Å². The van der Waals surface area contributed by atoms with Gasteiger partial charge >= 0.3 is 5.97 Å². The third-order valence-electron chi connectivity index (χ3n) is 4.06. The zero-order chi connectivity index (χ0) is 14.7. The fourth-order valence-electron chi connectivity index (χ4n) is 2.83. The molecule has 4 heteroatoms. The lowest BCUT2D eigenvalue weighted by Crippen LogP contribution is -2.42. The number of carboxylic acids is 1. The minimum Gasteiger partial charge on any atom is -0.480 e. The summed E-state index contributed by atoms with van der Waals surface area (Å²) in [5, 5.41) is 9.14. The first kappa shape index (κ1) is 14.6. The molecule has 1 aromatic rings. The molecule has 0 radical (unpaired) electrons. The van der Waals surface area contributed by atoms with Gasteiger partial charge in [-0.05, 0) is 55.4 Å². The summed E-state index contributed by atoms with van der Waals surface area (Å²) >= 11 is 0. The molecule has 1 N–H and O–H groups in total. The van der Waals surface area contributed by atoms with Gasteiger partial charge in [0.25, 0.3) is 5.91 Å². The molecule has 0 saturated heterocycles. The number of nitrogens with zero attached hydrogens (tertiary/aromatic N) is 1. The summed E-state index contributed by atoms with van der Waals surface area (Å²) in [6.45, 7) is 1.77. The SMILES string of the molecule is CCC(C(=O)O)N(C)C(=O)c1ccc2c(c1)CCCC2. The van der Waals surface area contributed by atoms with E-state index in [4.69, 9.17) is 5.11 Å². The molecule has 4 nitrogen and oxygen atoms in total. The predicted molar refractivity (Wildman–Crippen MR) is 76.9 cm³/mol. The number of aryl methyl sites for hydroxylation is 2. The van der Waals surface area contributed by atoms with Gasteiger partial charge in [0.2, 0.25) is 0 Å². The van der Waals surface area contributed by atoms with Crippen LogP contribution in [0.15, 0.2) is 18.2 Å². The zero-order valence-corrected chi connectivity index (χ0v) is 12.1. The van der Waals surface area contributed by atoms with E-state index in [-0.39, 0.29) is 5.91 Å². The average molecular weight is 275 g/mol. The van der Waals surface area contributed by atoms with Crippen LogP contribution in [0.5, 0.6) is 0 Å². The number of fused-ring (bicyclic) bond motifs is 1. The topological polar surface area (TPSA) is 57.6 Å². The Morgan fingerprint density at radius 3 is 2.50 bits per heavy atom. The number of carbonyl (C=O) groups is 2. The monoisotopic (exact) mass is 275 g/mol. The van der Waals surface area contributed by atoms with Gasteiger partial charge in [0, 0.05) is 12.6 Å². The summed E-state index contributed by atoms with van der Waals surface area (Å²) in [6, 6.07) is 5.00. The van der Waals surface area contributed by atoms with Crippen molar-refractivity contribution in [3.05, 3.63) is 34.9 Å². The first-order valence-corrected chi connectivity index (χ1v) is 7.16. The molecule has 20 heavy (non-hydrogen) atoms. The van der Waals surface area contributed by atoms with E-state index in [1.807, 2.05) is 18.2 Å². The minimum atomic E-state index is -0.957. The molecule has 0 bridgehead atoms. The number of benzene rings is 1. The molecule has 0 spiro atoms. The number of hydrogen-bond donors (Lipinski definition) is 1. The van der Waals surface area contributed by atoms with E-state index < -0.39 is 12.0 Å². The molecular formula is C16H21NO3. The Kier molecular flexibility index (Phi) is 4.42. The normalized spacial score (nSPS) is 15.3. The number of aliphatic carboxylic acids is 1. The summed E-state index contributed by atoms with van der Waals surface area (Å²) in [6.07, 6.45) is 4.86. The highest BCUT2D eigenvalue weighted by Gasteiger charge is 2.26. The number of hydrogen-bond acceptors (Lipinski definition) is 2. The Labute approximate surface area is 119 Å². The van der Waals surface area contributed by atoms with E-state index >= 15 is 0 Å². The molecule has 0 aliphatic heterocycles. The molecule has 1 atom stereocenters. The van der Waals surface area contributed by atoms with Crippen LogP contribution in [0.25, 0.3) is 0 Å². The lowest BCUT2D eigenvalue weighted by molar-refractivity contribution is -0.142. The number of rotatable bonds is 4. The van der Waals surface area contributed by atoms with Crippen molar-refractivity contribution in [2.75, 3.05) is 7.05 Å². The maximum atomic E-state index is 12.4. The van der Waals surface area contributed by atoms with Crippen LogP contribution >= 0.6 is 0 Å². The van der Waals surface area contributed by atoms with Gasteiger partial charge in [0.05, 0.1) is 0 Å².